The molecule has 0 unspecified atom stereocenters. The molecule has 1 saturated heterocycles. The van der Waals surface area contributed by atoms with E-state index in [-0.39, 0.29) is 23.1 Å². The van der Waals surface area contributed by atoms with Crippen LogP contribution >= 0.6 is 0 Å². The SMILES string of the molecule is [3H]Oc1cc([N+](=O)[O-])c(C(=O)N2CC(=C)C[C@H]2CC)cc1OC. The molecule has 1 fully saturated rings. The van der Waals surface area contributed by atoms with Gasteiger partial charge in [-0.05, 0) is 12.8 Å². The molecule has 2 rings (SSSR count). The Bertz CT molecular complexity index is 662. The molecule has 1 aliphatic heterocycles. The van der Waals surface area contributed by atoms with E-state index in [0.29, 0.717) is 13.0 Å². The van der Waals surface area contributed by atoms with Crippen LogP contribution in [0.25, 0.3) is 0 Å². The molecular weight excluding hydrogens is 288 g/mol. The molecule has 7 nitrogen and oxygen atoms in total. The molecule has 0 bridgehead atoms. The zero-order valence-corrected chi connectivity index (χ0v) is 12.5. The number of nitro groups is 1. The molecule has 0 aromatic heterocycles. The van der Waals surface area contributed by atoms with Gasteiger partial charge in [0.05, 0.1) is 18.1 Å². The highest BCUT2D eigenvalue weighted by Gasteiger charge is 2.34. The van der Waals surface area contributed by atoms with Crippen molar-refractivity contribution in [3.63, 3.8) is 0 Å². The van der Waals surface area contributed by atoms with E-state index in [2.05, 4.69) is 11.7 Å². The van der Waals surface area contributed by atoms with Crippen LogP contribution in [0.1, 0.15) is 30.1 Å². The average molecular weight is 308 g/mol. The van der Waals surface area contributed by atoms with Crippen molar-refractivity contribution >= 4 is 11.6 Å². The normalized spacial score (nSPS) is 18.1. The van der Waals surface area contributed by atoms with Gasteiger partial charge in [-0.3, -0.25) is 14.9 Å². The summed E-state index contributed by atoms with van der Waals surface area (Å²) in [6.45, 7) is 6.24. The van der Waals surface area contributed by atoms with Crippen LogP contribution < -0.4 is 4.74 Å². The van der Waals surface area contributed by atoms with Crippen LogP contribution in [0.5, 0.6) is 11.5 Å². The first-order valence-corrected chi connectivity index (χ1v) is 6.90. The lowest BCUT2D eigenvalue weighted by atomic mass is 10.1. The molecule has 1 amide bonds. The molecule has 1 atom stereocenters. The minimum absolute atomic E-state index is 0.0206. The maximum Gasteiger partial charge on any atom is 0.293 e. The number of likely N-dealkylation sites (tertiary alicyclic amines) is 1. The highest BCUT2D eigenvalue weighted by molar-refractivity contribution is 5.99. The summed E-state index contributed by atoms with van der Waals surface area (Å²) in [5.41, 5.74) is 0.428. The van der Waals surface area contributed by atoms with Crippen LogP contribution in [-0.2, 0) is 0 Å². The second-order valence-corrected chi connectivity index (χ2v) is 5.23. The molecule has 22 heavy (non-hydrogen) atoms. The molecule has 1 aliphatic rings. The number of nitrogens with zero attached hydrogens (tertiary/aromatic N) is 2. The molecule has 1 N–H and O–H groups in total. The number of hydrogen-bond donors (Lipinski definition) is 1. The fraction of sp³-hybridized carbons (Fsp3) is 0.400. The Labute approximate surface area is 129 Å². The van der Waals surface area contributed by atoms with E-state index < -0.39 is 16.5 Å². The van der Waals surface area contributed by atoms with E-state index in [4.69, 9.17) is 6.17 Å². The zero-order chi connectivity index (χ0) is 17.1. The Morgan fingerprint density at radius 2 is 2.41 bits per heavy atom. The van der Waals surface area contributed by atoms with Crippen molar-refractivity contribution in [1.29, 1.82) is 1.43 Å². The number of phenolic OH excluding ortho intramolecular Hbond substituents is 1. The molecule has 0 aliphatic carbocycles. The Hall–Kier alpha value is -2.57. The Morgan fingerprint density at radius 1 is 1.68 bits per heavy atom. The minimum Gasteiger partial charge on any atom is -0.504 e. The van der Waals surface area contributed by atoms with Gasteiger partial charge in [0.1, 0.15) is 5.56 Å². The number of amides is 1. The van der Waals surface area contributed by atoms with Crippen LogP contribution in [0.3, 0.4) is 0 Å². The standard InChI is InChI=1S/C15H18N2O5/c1-4-10-5-9(2)8-16(10)15(19)11-6-14(22-3)13(18)7-12(11)17(20)21/h6-7,10,18H,2,4-5,8H2,1,3H3/t10-/m1/s1/i/hT. The number of carbonyl (C=O) groups excluding carboxylic acids is 1. The zero-order valence-electron chi connectivity index (χ0n) is 13.5. The second kappa shape index (κ2) is 6.05. The van der Waals surface area contributed by atoms with Crippen molar-refractivity contribution in [1.82, 2.24) is 4.90 Å². The summed E-state index contributed by atoms with van der Waals surface area (Å²) in [5, 5.41) is 15.6. The Morgan fingerprint density at radius 3 is 2.95 bits per heavy atom. The summed E-state index contributed by atoms with van der Waals surface area (Å²) in [4.78, 5) is 25.0. The van der Waals surface area contributed by atoms with Crippen LogP contribution in [0, 0.1) is 10.1 Å². The lowest BCUT2D eigenvalue weighted by molar-refractivity contribution is -0.385. The molecule has 1 aromatic rings. The van der Waals surface area contributed by atoms with Gasteiger partial charge in [0.2, 0.25) is 0 Å². The quantitative estimate of drug-likeness (QED) is 0.512. The summed E-state index contributed by atoms with van der Waals surface area (Å²) in [6, 6.07) is 2.26. The number of phenols is 1. The van der Waals surface area contributed by atoms with Gasteiger partial charge in [-0.2, -0.15) is 0 Å². The molecule has 1 heterocycles. The number of carbonyl (C=O) groups is 1. The summed E-state index contributed by atoms with van der Waals surface area (Å²) in [5.74, 6) is -0.467. The summed E-state index contributed by atoms with van der Waals surface area (Å²) >= 11 is 0. The maximum absolute atomic E-state index is 12.8. The van der Waals surface area contributed by atoms with E-state index >= 15 is 0 Å². The van der Waals surface area contributed by atoms with Crippen molar-refractivity contribution in [2.45, 2.75) is 25.8 Å². The van der Waals surface area contributed by atoms with Crippen molar-refractivity contribution in [2.75, 3.05) is 13.7 Å². The highest BCUT2D eigenvalue weighted by atomic mass is 16.6. The van der Waals surface area contributed by atoms with E-state index in [1.54, 1.807) is 4.90 Å². The third kappa shape index (κ3) is 2.74. The maximum atomic E-state index is 12.8. The molecule has 1 aromatic carbocycles. The predicted molar refractivity (Wildman–Crippen MR) is 80.2 cm³/mol. The Balaban J connectivity index is 2.50. The first-order chi connectivity index (χ1) is 10.9. The van der Waals surface area contributed by atoms with Gasteiger partial charge in [0, 0.05) is 18.7 Å². The smallest absolute Gasteiger partial charge is 0.293 e. The van der Waals surface area contributed by atoms with Crippen LogP contribution in [-0.4, -0.2) is 42.0 Å². The molecule has 0 spiro atoms. The van der Waals surface area contributed by atoms with Gasteiger partial charge in [-0.1, -0.05) is 19.1 Å². The number of benzene rings is 1. The highest BCUT2D eigenvalue weighted by Crippen LogP contribution is 2.35. The van der Waals surface area contributed by atoms with Gasteiger partial charge in [-0.15, -0.1) is 0 Å². The molecular formula is C15H18N2O5. The summed E-state index contributed by atoms with van der Waals surface area (Å²) < 4.78 is 12.0. The number of methoxy groups -OCH3 is 1. The average Bonchev–Trinajstić information content (AvgIpc) is 2.93. The van der Waals surface area contributed by atoms with Crippen LogP contribution in [0.15, 0.2) is 24.3 Å². The monoisotopic (exact) mass is 308 g/mol. The summed E-state index contributed by atoms with van der Waals surface area (Å²) in [6.07, 6.45) is 1.44. The molecule has 7 heteroatoms. The fourth-order valence-corrected chi connectivity index (χ4v) is 2.67. The third-order valence-electron chi connectivity index (χ3n) is 3.80. The number of nitro benzene ring substituents is 1. The van der Waals surface area contributed by atoms with E-state index in [9.17, 15) is 14.9 Å². The lowest BCUT2D eigenvalue weighted by Crippen LogP contribution is -2.35. The largest absolute Gasteiger partial charge is 0.504 e. The number of aromatic hydroxyl groups is 1. The van der Waals surface area contributed by atoms with E-state index in [0.717, 1.165) is 18.1 Å². The van der Waals surface area contributed by atoms with Gasteiger partial charge in [0.15, 0.2) is 11.5 Å². The third-order valence-corrected chi connectivity index (χ3v) is 3.80. The molecule has 118 valence electrons. The minimum atomic E-state index is -0.666. The van der Waals surface area contributed by atoms with Crippen molar-refractivity contribution in [2.24, 2.45) is 0 Å². The summed E-state index contributed by atoms with van der Waals surface area (Å²) in [7, 11) is 1.34. The Kier molecular flexibility index (Phi) is 3.95. The number of hydrogen-bond acceptors (Lipinski definition) is 5. The first-order valence-electron chi connectivity index (χ1n) is 7.30. The van der Waals surface area contributed by atoms with Gasteiger partial charge in [-0.25, -0.2) is 0 Å². The fourth-order valence-electron chi connectivity index (χ4n) is 2.67. The predicted octanol–water partition coefficient (Wildman–Crippen LogP) is 2.49. The van der Waals surface area contributed by atoms with Crippen molar-refractivity contribution < 1.29 is 19.6 Å². The number of rotatable bonds is 5. The van der Waals surface area contributed by atoms with Crippen molar-refractivity contribution in [3.8, 4) is 11.5 Å². The second-order valence-electron chi connectivity index (χ2n) is 5.23. The molecule has 0 saturated carbocycles. The lowest BCUT2D eigenvalue weighted by Gasteiger charge is -2.23. The molecule has 0 radical (unpaired) electrons. The van der Waals surface area contributed by atoms with E-state index in [1.165, 1.54) is 13.2 Å². The first kappa shape index (κ1) is 14.4. The van der Waals surface area contributed by atoms with Gasteiger partial charge in [0.25, 0.3) is 13.0 Å². The van der Waals surface area contributed by atoms with E-state index in [1.807, 2.05) is 6.92 Å². The van der Waals surface area contributed by atoms with Crippen LogP contribution in [0.4, 0.5) is 5.69 Å². The number of ether oxygens (including phenoxy) is 1. The topological polar surface area (TPSA) is 92.9 Å². The van der Waals surface area contributed by atoms with Gasteiger partial charge >= 0.3 is 0 Å². The van der Waals surface area contributed by atoms with Crippen LogP contribution in [0.2, 0.25) is 0 Å². The van der Waals surface area contributed by atoms with Crippen molar-refractivity contribution in [3.05, 3.63) is 40.0 Å². The van der Waals surface area contributed by atoms with Gasteiger partial charge < -0.3 is 14.7 Å².